The zero-order valence-corrected chi connectivity index (χ0v) is 8.79. The zero-order valence-electron chi connectivity index (χ0n) is 8.79. The average molecular weight is 214 g/mol. The van der Waals surface area contributed by atoms with Gasteiger partial charge in [-0.3, -0.25) is 4.79 Å². The van der Waals surface area contributed by atoms with Crippen LogP contribution in [0, 0.1) is 0 Å². The Morgan fingerprint density at radius 3 is 2.87 bits per heavy atom. The van der Waals surface area contributed by atoms with Gasteiger partial charge in [0.05, 0.1) is 18.8 Å². The van der Waals surface area contributed by atoms with Gasteiger partial charge in [0.15, 0.2) is 0 Å². The van der Waals surface area contributed by atoms with E-state index in [1.165, 1.54) is 0 Å². The van der Waals surface area contributed by atoms with Crippen LogP contribution in [0.1, 0.15) is 19.3 Å². The smallest absolute Gasteiger partial charge is 0.250 e. The monoisotopic (exact) mass is 214 g/mol. The van der Waals surface area contributed by atoms with E-state index in [0.29, 0.717) is 13.2 Å². The number of hydrogen-bond donors (Lipinski definition) is 3. The van der Waals surface area contributed by atoms with Crippen LogP contribution in [-0.2, 0) is 9.53 Å². The van der Waals surface area contributed by atoms with E-state index in [1.807, 2.05) is 0 Å². The van der Waals surface area contributed by atoms with E-state index in [-0.39, 0.29) is 18.1 Å². The summed E-state index contributed by atoms with van der Waals surface area (Å²) < 4.78 is 5.34. The van der Waals surface area contributed by atoms with E-state index in [2.05, 4.69) is 10.6 Å². The van der Waals surface area contributed by atoms with E-state index in [1.54, 1.807) is 0 Å². The van der Waals surface area contributed by atoms with Gasteiger partial charge in [-0.05, 0) is 19.3 Å². The number of aliphatic hydroxyl groups excluding tert-OH is 1. The number of carbonyl (C=O) groups excluding carboxylic acids is 1. The molecule has 1 amide bonds. The number of rotatable bonds is 3. The third-order valence-corrected chi connectivity index (χ3v) is 3.22. The Morgan fingerprint density at radius 1 is 1.60 bits per heavy atom. The van der Waals surface area contributed by atoms with Crippen LogP contribution >= 0.6 is 0 Å². The van der Waals surface area contributed by atoms with E-state index in [9.17, 15) is 9.90 Å². The van der Waals surface area contributed by atoms with Gasteiger partial charge in [0.25, 0.3) is 5.91 Å². The maximum Gasteiger partial charge on any atom is 0.250 e. The molecule has 1 atom stereocenters. The molecule has 0 aromatic carbocycles. The summed E-state index contributed by atoms with van der Waals surface area (Å²) in [6, 6.07) is 0. The lowest BCUT2D eigenvalue weighted by Gasteiger charge is -2.42. The lowest BCUT2D eigenvalue weighted by atomic mass is 9.77. The highest BCUT2D eigenvalue weighted by atomic mass is 16.5. The summed E-state index contributed by atoms with van der Waals surface area (Å²) >= 11 is 0. The Hall–Kier alpha value is -0.650. The van der Waals surface area contributed by atoms with Gasteiger partial charge in [-0.15, -0.1) is 0 Å². The summed E-state index contributed by atoms with van der Waals surface area (Å²) in [6.07, 6.45) is 2.41. The molecule has 1 aliphatic heterocycles. The van der Waals surface area contributed by atoms with Crippen molar-refractivity contribution in [2.75, 3.05) is 26.3 Å². The molecule has 3 N–H and O–H groups in total. The van der Waals surface area contributed by atoms with Gasteiger partial charge in [0.1, 0.15) is 6.10 Å². The van der Waals surface area contributed by atoms with Crippen LogP contribution in [0.25, 0.3) is 0 Å². The summed E-state index contributed by atoms with van der Waals surface area (Å²) in [4.78, 5) is 11.8. The van der Waals surface area contributed by atoms with Gasteiger partial charge in [-0.2, -0.15) is 0 Å². The molecule has 1 aliphatic carbocycles. The van der Waals surface area contributed by atoms with Crippen LogP contribution in [-0.4, -0.2) is 49.0 Å². The Morgan fingerprint density at radius 2 is 2.40 bits per heavy atom. The van der Waals surface area contributed by atoms with Gasteiger partial charge in [0.2, 0.25) is 0 Å². The van der Waals surface area contributed by atoms with Crippen LogP contribution in [0.5, 0.6) is 0 Å². The fourth-order valence-electron chi connectivity index (χ4n) is 2.00. The topological polar surface area (TPSA) is 70.6 Å². The van der Waals surface area contributed by atoms with Crippen molar-refractivity contribution in [3.8, 4) is 0 Å². The normalized spacial score (nSPS) is 29.3. The first kappa shape index (κ1) is 10.9. The fraction of sp³-hybridized carbons (Fsp3) is 0.900. The minimum absolute atomic E-state index is 0.0267. The highest BCUT2D eigenvalue weighted by Gasteiger charge is 2.39. The molecule has 86 valence electrons. The van der Waals surface area contributed by atoms with Crippen LogP contribution in [0.2, 0.25) is 0 Å². The maximum absolute atomic E-state index is 11.8. The molecule has 1 heterocycles. The SMILES string of the molecule is O=C(NC1(CO)CCC1)C1CNCCO1. The summed E-state index contributed by atoms with van der Waals surface area (Å²) in [5.74, 6) is -0.101. The summed E-state index contributed by atoms with van der Waals surface area (Å²) in [7, 11) is 0. The molecule has 1 unspecified atom stereocenters. The lowest BCUT2D eigenvalue weighted by Crippen LogP contribution is -2.60. The third kappa shape index (κ3) is 2.30. The van der Waals surface area contributed by atoms with Gasteiger partial charge < -0.3 is 20.5 Å². The molecule has 0 spiro atoms. The van der Waals surface area contributed by atoms with Crippen molar-refractivity contribution >= 4 is 5.91 Å². The van der Waals surface area contributed by atoms with Crippen molar-refractivity contribution < 1.29 is 14.6 Å². The van der Waals surface area contributed by atoms with Crippen molar-refractivity contribution in [1.82, 2.24) is 10.6 Å². The van der Waals surface area contributed by atoms with E-state index < -0.39 is 6.10 Å². The zero-order chi connectivity index (χ0) is 10.7. The van der Waals surface area contributed by atoms with E-state index >= 15 is 0 Å². The standard InChI is InChI=1S/C10H18N2O3/c13-7-10(2-1-3-10)12-9(14)8-6-11-4-5-15-8/h8,11,13H,1-7H2,(H,12,14). The van der Waals surface area contributed by atoms with Crippen molar-refractivity contribution in [3.63, 3.8) is 0 Å². The van der Waals surface area contributed by atoms with Crippen molar-refractivity contribution in [2.24, 2.45) is 0 Å². The molecule has 1 saturated heterocycles. The predicted molar refractivity (Wildman–Crippen MR) is 54.4 cm³/mol. The Labute approximate surface area is 89.2 Å². The number of ether oxygens (including phenoxy) is 1. The van der Waals surface area contributed by atoms with Crippen LogP contribution < -0.4 is 10.6 Å². The highest BCUT2D eigenvalue weighted by Crippen LogP contribution is 2.31. The largest absolute Gasteiger partial charge is 0.394 e. The molecule has 0 radical (unpaired) electrons. The first-order chi connectivity index (χ1) is 7.26. The van der Waals surface area contributed by atoms with Crippen LogP contribution in [0.4, 0.5) is 0 Å². The molecule has 2 fully saturated rings. The molecule has 15 heavy (non-hydrogen) atoms. The first-order valence-corrected chi connectivity index (χ1v) is 5.51. The average Bonchev–Trinajstić information content (AvgIpc) is 2.24. The molecule has 0 aromatic rings. The van der Waals surface area contributed by atoms with Gasteiger partial charge in [-0.1, -0.05) is 0 Å². The van der Waals surface area contributed by atoms with Crippen LogP contribution in [0.3, 0.4) is 0 Å². The van der Waals surface area contributed by atoms with Gasteiger partial charge in [-0.25, -0.2) is 0 Å². The second-order valence-corrected chi connectivity index (χ2v) is 4.34. The van der Waals surface area contributed by atoms with Crippen LogP contribution in [0.15, 0.2) is 0 Å². The van der Waals surface area contributed by atoms with Crippen molar-refractivity contribution in [2.45, 2.75) is 30.9 Å². The second kappa shape index (κ2) is 4.47. The quantitative estimate of drug-likeness (QED) is 0.564. The Kier molecular flexibility index (Phi) is 3.23. The Bertz CT molecular complexity index is 229. The number of amides is 1. The number of nitrogens with one attached hydrogen (secondary N) is 2. The number of carbonyl (C=O) groups is 1. The summed E-state index contributed by atoms with van der Waals surface area (Å²) in [6.45, 7) is 1.96. The minimum atomic E-state index is -0.400. The van der Waals surface area contributed by atoms with Crippen molar-refractivity contribution in [1.29, 1.82) is 0 Å². The first-order valence-electron chi connectivity index (χ1n) is 5.51. The maximum atomic E-state index is 11.8. The third-order valence-electron chi connectivity index (χ3n) is 3.22. The number of aliphatic hydroxyl groups is 1. The van der Waals surface area contributed by atoms with Crippen molar-refractivity contribution in [3.05, 3.63) is 0 Å². The molecule has 5 heteroatoms. The molecule has 2 aliphatic rings. The molecule has 0 bridgehead atoms. The minimum Gasteiger partial charge on any atom is -0.394 e. The molecule has 0 aromatic heterocycles. The molecule has 2 rings (SSSR count). The predicted octanol–water partition coefficient (Wildman–Crippen LogP) is -0.994. The summed E-state index contributed by atoms with van der Waals surface area (Å²) in [5, 5.41) is 15.2. The number of hydrogen-bond acceptors (Lipinski definition) is 4. The highest BCUT2D eigenvalue weighted by molar-refractivity contribution is 5.82. The molecular weight excluding hydrogens is 196 g/mol. The van der Waals surface area contributed by atoms with E-state index in [0.717, 1.165) is 25.8 Å². The number of morpholine rings is 1. The Balaban J connectivity index is 1.85. The van der Waals surface area contributed by atoms with E-state index in [4.69, 9.17) is 4.74 Å². The molecule has 1 saturated carbocycles. The molecular formula is C10H18N2O3. The van der Waals surface area contributed by atoms with Gasteiger partial charge in [0, 0.05) is 13.1 Å². The fourth-order valence-corrected chi connectivity index (χ4v) is 2.00. The lowest BCUT2D eigenvalue weighted by molar-refractivity contribution is -0.138. The second-order valence-electron chi connectivity index (χ2n) is 4.34. The summed E-state index contributed by atoms with van der Waals surface area (Å²) in [5.41, 5.74) is -0.363. The molecule has 5 nitrogen and oxygen atoms in total. The van der Waals surface area contributed by atoms with Gasteiger partial charge >= 0.3 is 0 Å².